The molecule has 128 valence electrons. The highest BCUT2D eigenvalue weighted by molar-refractivity contribution is 5.84. The first-order chi connectivity index (χ1) is 11.9. The lowest BCUT2D eigenvalue weighted by molar-refractivity contribution is -0.137. The lowest BCUT2D eigenvalue weighted by Crippen LogP contribution is -2.25. The van der Waals surface area contributed by atoms with Crippen LogP contribution >= 0.6 is 0 Å². The summed E-state index contributed by atoms with van der Waals surface area (Å²) >= 11 is 0. The van der Waals surface area contributed by atoms with Crippen LogP contribution in [0.3, 0.4) is 0 Å². The molecule has 0 aliphatic heterocycles. The van der Waals surface area contributed by atoms with Gasteiger partial charge in [0, 0.05) is 5.56 Å². The van der Waals surface area contributed by atoms with E-state index in [1.807, 2.05) is 6.07 Å². The fourth-order valence-electron chi connectivity index (χ4n) is 1.90. The first-order valence-corrected chi connectivity index (χ1v) is 7.02. The Balaban J connectivity index is 1.95. The molecule has 0 atom stereocenters. The zero-order chi connectivity index (χ0) is 18.3. The van der Waals surface area contributed by atoms with E-state index in [9.17, 15) is 18.0 Å². The number of para-hydroxylation sites is 1. The Bertz CT molecular complexity index is 826. The van der Waals surface area contributed by atoms with E-state index >= 15 is 0 Å². The van der Waals surface area contributed by atoms with E-state index < -0.39 is 24.3 Å². The number of nitrogens with one attached hydrogen (secondary N) is 1. The molecule has 8 heteroatoms. The second kappa shape index (κ2) is 7.97. The summed E-state index contributed by atoms with van der Waals surface area (Å²) < 4.78 is 43.6. The summed E-state index contributed by atoms with van der Waals surface area (Å²) in [6.45, 7) is -0.434. The van der Waals surface area contributed by atoms with Gasteiger partial charge < -0.3 is 4.74 Å². The standard InChI is InChI=1S/C17H12F3N3O2/c18-17(19,20)14-7-3-1-6-13(14)10-22-23-16(24)11-25-15-8-4-2-5-12(15)9-21/h1-8,10H,11H2,(H,23,24)/b22-10-. The van der Waals surface area contributed by atoms with Crippen molar-refractivity contribution in [1.29, 1.82) is 5.26 Å². The van der Waals surface area contributed by atoms with Gasteiger partial charge in [-0.1, -0.05) is 30.3 Å². The van der Waals surface area contributed by atoms with Crippen LogP contribution in [0.2, 0.25) is 0 Å². The number of ether oxygens (including phenoxy) is 1. The lowest BCUT2D eigenvalue weighted by Gasteiger charge is -2.09. The largest absolute Gasteiger partial charge is 0.482 e. The molecule has 0 spiro atoms. The molecule has 0 saturated carbocycles. The van der Waals surface area contributed by atoms with Crippen molar-refractivity contribution in [1.82, 2.24) is 5.43 Å². The van der Waals surface area contributed by atoms with E-state index in [0.29, 0.717) is 0 Å². The number of carbonyl (C=O) groups excluding carboxylic acids is 1. The minimum atomic E-state index is -4.52. The first-order valence-electron chi connectivity index (χ1n) is 7.02. The van der Waals surface area contributed by atoms with Crippen molar-refractivity contribution >= 4 is 12.1 Å². The Morgan fingerprint density at radius 2 is 1.88 bits per heavy atom. The van der Waals surface area contributed by atoms with Crippen molar-refractivity contribution in [2.45, 2.75) is 6.18 Å². The molecule has 2 rings (SSSR count). The topological polar surface area (TPSA) is 74.5 Å². The third kappa shape index (κ3) is 5.07. The fourth-order valence-corrected chi connectivity index (χ4v) is 1.90. The van der Waals surface area contributed by atoms with Gasteiger partial charge in [0.2, 0.25) is 0 Å². The Hall–Kier alpha value is -3.34. The lowest BCUT2D eigenvalue weighted by atomic mass is 10.1. The van der Waals surface area contributed by atoms with Crippen LogP contribution in [-0.2, 0) is 11.0 Å². The molecule has 0 radical (unpaired) electrons. The molecular formula is C17H12F3N3O2. The second-order valence-electron chi connectivity index (χ2n) is 4.77. The summed E-state index contributed by atoms with van der Waals surface area (Å²) in [5.74, 6) is -0.444. The van der Waals surface area contributed by atoms with E-state index in [1.54, 1.807) is 12.1 Å². The smallest absolute Gasteiger partial charge is 0.417 e. The van der Waals surface area contributed by atoms with Gasteiger partial charge in [-0.05, 0) is 18.2 Å². The minimum absolute atomic E-state index is 0.175. The second-order valence-corrected chi connectivity index (χ2v) is 4.77. The highest BCUT2D eigenvalue weighted by Gasteiger charge is 2.32. The summed E-state index contributed by atoms with van der Waals surface area (Å²) in [6.07, 6.45) is -3.61. The zero-order valence-corrected chi connectivity index (χ0v) is 12.7. The Kier molecular flexibility index (Phi) is 5.74. The molecular weight excluding hydrogens is 335 g/mol. The average Bonchev–Trinajstić information content (AvgIpc) is 2.59. The van der Waals surface area contributed by atoms with Gasteiger partial charge in [-0.15, -0.1) is 0 Å². The van der Waals surface area contributed by atoms with Crippen molar-refractivity contribution < 1.29 is 22.7 Å². The van der Waals surface area contributed by atoms with Gasteiger partial charge in [-0.25, -0.2) is 5.43 Å². The Morgan fingerprint density at radius 3 is 2.60 bits per heavy atom. The van der Waals surface area contributed by atoms with Gasteiger partial charge in [-0.3, -0.25) is 4.79 Å². The molecule has 0 aromatic heterocycles. The number of carbonyl (C=O) groups is 1. The van der Waals surface area contributed by atoms with Crippen LogP contribution in [0.1, 0.15) is 16.7 Å². The molecule has 0 aliphatic rings. The molecule has 0 aliphatic carbocycles. The average molecular weight is 347 g/mol. The van der Waals surface area contributed by atoms with Gasteiger partial charge >= 0.3 is 6.18 Å². The summed E-state index contributed by atoms with van der Waals surface area (Å²) in [4.78, 5) is 11.6. The predicted molar refractivity (Wildman–Crippen MR) is 83.8 cm³/mol. The van der Waals surface area contributed by atoms with Gasteiger partial charge in [0.15, 0.2) is 6.61 Å². The minimum Gasteiger partial charge on any atom is -0.482 e. The highest BCUT2D eigenvalue weighted by atomic mass is 19.4. The number of benzene rings is 2. The van der Waals surface area contributed by atoms with Crippen LogP contribution in [-0.4, -0.2) is 18.7 Å². The number of nitrogens with zero attached hydrogens (tertiary/aromatic N) is 2. The summed E-state index contributed by atoms with van der Waals surface area (Å²) in [5.41, 5.74) is 1.31. The third-order valence-corrected chi connectivity index (χ3v) is 3.03. The van der Waals surface area contributed by atoms with Crippen LogP contribution < -0.4 is 10.2 Å². The Morgan fingerprint density at radius 1 is 1.20 bits per heavy atom. The summed E-state index contributed by atoms with van der Waals surface area (Å²) in [6, 6.07) is 13.1. The summed E-state index contributed by atoms with van der Waals surface area (Å²) in [7, 11) is 0. The number of hydrogen-bond acceptors (Lipinski definition) is 4. The Labute approximate surface area is 141 Å². The van der Waals surface area contributed by atoms with Crippen LogP contribution in [0.4, 0.5) is 13.2 Å². The maximum absolute atomic E-state index is 12.8. The van der Waals surface area contributed by atoms with Gasteiger partial charge in [0.1, 0.15) is 11.8 Å². The number of amides is 1. The van der Waals surface area contributed by atoms with Crippen molar-refractivity contribution in [2.24, 2.45) is 5.10 Å². The van der Waals surface area contributed by atoms with Crippen molar-refractivity contribution in [3.8, 4) is 11.8 Å². The van der Waals surface area contributed by atoms with Gasteiger partial charge in [0.05, 0.1) is 17.3 Å². The van der Waals surface area contributed by atoms with Gasteiger partial charge in [-0.2, -0.15) is 23.5 Å². The summed E-state index contributed by atoms with van der Waals surface area (Å²) in [5, 5.41) is 12.4. The molecule has 0 heterocycles. The molecule has 0 saturated heterocycles. The van der Waals surface area contributed by atoms with E-state index in [1.165, 1.54) is 30.3 Å². The highest BCUT2D eigenvalue weighted by Crippen LogP contribution is 2.31. The zero-order valence-electron chi connectivity index (χ0n) is 12.7. The SMILES string of the molecule is N#Cc1ccccc1OCC(=O)N/N=C\c1ccccc1C(F)(F)F. The molecule has 0 fully saturated rings. The first kappa shape index (κ1) is 18.0. The van der Waals surface area contributed by atoms with Crippen LogP contribution in [0, 0.1) is 11.3 Å². The van der Waals surface area contributed by atoms with E-state index in [4.69, 9.17) is 10.00 Å². The molecule has 1 N–H and O–H groups in total. The van der Waals surface area contributed by atoms with E-state index in [-0.39, 0.29) is 16.9 Å². The monoisotopic (exact) mass is 347 g/mol. The molecule has 25 heavy (non-hydrogen) atoms. The molecule has 0 unspecified atom stereocenters. The number of hydrazone groups is 1. The maximum atomic E-state index is 12.8. The molecule has 2 aromatic carbocycles. The number of alkyl halides is 3. The van der Waals surface area contributed by atoms with Crippen LogP contribution in [0.25, 0.3) is 0 Å². The number of halogens is 3. The van der Waals surface area contributed by atoms with Crippen molar-refractivity contribution in [2.75, 3.05) is 6.61 Å². The maximum Gasteiger partial charge on any atom is 0.417 e. The van der Waals surface area contributed by atoms with Crippen molar-refractivity contribution in [3.63, 3.8) is 0 Å². The predicted octanol–water partition coefficient (Wildman–Crippen LogP) is 3.11. The normalized spacial score (nSPS) is 11.1. The van der Waals surface area contributed by atoms with Crippen molar-refractivity contribution in [3.05, 3.63) is 65.2 Å². The molecule has 2 aromatic rings. The van der Waals surface area contributed by atoms with E-state index in [2.05, 4.69) is 10.5 Å². The molecule has 1 amide bonds. The van der Waals surface area contributed by atoms with Crippen LogP contribution in [0.5, 0.6) is 5.75 Å². The van der Waals surface area contributed by atoms with Gasteiger partial charge in [0.25, 0.3) is 5.91 Å². The number of hydrogen-bond donors (Lipinski definition) is 1. The quantitative estimate of drug-likeness (QED) is 0.667. The van der Waals surface area contributed by atoms with Crippen LogP contribution in [0.15, 0.2) is 53.6 Å². The third-order valence-electron chi connectivity index (χ3n) is 3.03. The molecule has 0 bridgehead atoms. The fraction of sp³-hybridized carbons (Fsp3) is 0.118. The number of rotatable bonds is 5. The van der Waals surface area contributed by atoms with E-state index in [0.717, 1.165) is 12.3 Å². The molecule has 5 nitrogen and oxygen atoms in total. The number of nitriles is 1.